The van der Waals surface area contributed by atoms with Crippen molar-refractivity contribution in [3.8, 4) is 22.6 Å². The summed E-state index contributed by atoms with van der Waals surface area (Å²) in [6.45, 7) is 1.81. The lowest BCUT2D eigenvalue weighted by atomic mass is 10.1. The van der Waals surface area contributed by atoms with E-state index in [4.69, 9.17) is 16.7 Å². The molecule has 0 saturated carbocycles. The van der Waals surface area contributed by atoms with Crippen LogP contribution in [0.5, 0.6) is 11.5 Å². The van der Waals surface area contributed by atoms with Crippen molar-refractivity contribution in [2.45, 2.75) is 6.92 Å². The molecule has 112 valence electrons. The highest BCUT2D eigenvalue weighted by atomic mass is 35.5. The first-order chi connectivity index (χ1) is 10.6. The number of phenolic OH excluding ortho intramolecular Hbond substituents is 2. The standard InChI is InChI=1S/C12H10O.C7H7ClO/c13-12-9-5-4-8-11(12)10-6-2-1-3-7-10;1-5-4-6(8)2-3-7(5)9/h1-9,13H;2-4,9H,1H3. The monoisotopic (exact) mass is 312 g/mol. The van der Waals surface area contributed by atoms with Gasteiger partial charge in [0.2, 0.25) is 0 Å². The maximum Gasteiger partial charge on any atom is 0.123 e. The molecule has 3 heteroatoms. The minimum Gasteiger partial charge on any atom is -0.508 e. The molecule has 0 aliphatic carbocycles. The molecular weight excluding hydrogens is 296 g/mol. The molecular formula is C19H17ClO2. The van der Waals surface area contributed by atoms with E-state index < -0.39 is 0 Å². The van der Waals surface area contributed by atoms with E-state index in [9.17, 15) is 5.11 Å². The average Bonchev–Trinajstić information content (AvgIpc) is 2.53. The number of phenols is 2. The van der Waals surface area contributed by atoms with Gasteiger partial charge < -0.3 is 10.2 Å². The fourth-order valence-corrected chi connectivity index (χ4v) is 2.18. The van der Waals surface area contributed by atoms with Gasteiger partial charge in [-0.3, -0.25) is 0 Å². The van der Waals surface area contributed by atoms with Crippen LogP contribution < -0.4 is 0 Å². The third kappa shape index (κ3) is 4.27. The van der Waals surface area contributed by atoms with Gasteiger partial charge in [0, 0.05) is 10.6 Å². The van der Waals surface area contributed by atoms with Crippen molar-refractivity contribution in [2.75, 3.05) is 0 Å². The molecule has 0 saturated heterocycles. The third-order valence-electron chi connectivity index (χ3n) is 3.15. The summed E-state index contributed by atoms with van der Waals surface area (Å²) in [5, 5.41) is 19.2. The molecule has 0 heterocycles. The number of halogens is 1. The highest BCUT2D eigenvalue weighted by molar-refractivity contribution is 6.30. The molecule has 0 aromatic heterocycles. The fraction of sp³-hybridized carbons (Fsp3) is 0.0526. The second-order valence-corrected chi connectivity index (χ2v) is 5.25. The van der Waals surface area contributed by atoms with E-state index >= 15 is 0 Å². The van der Waals surface area contributed by atoms with Crippen molar-refractivity contribution >= 4 is 11.6 Å². The zero-order valence-electron chi connectivity index (χ0n) is 12.2. The van der Waals surface area contributed by atoms with Gasteiger partial charge in [-0.25, -0.2) is 0 Å². The van der Waals surface area contributed by atoms with Gasteiger partial charge in [0.15, 0.2) is 0 Å². The zero-order valence-corrected chi connectivity index (χ0v) is 13.0. The van der Waals surface area contributed by atoms with Crippen LogP contribution in [-0.4, -0.2) is 10.2 Å². The fourth-order valence-electron chi connectivity index (χ4n) is 1.95. The van der Waals surface area contributed by atoms with Crippen LogP contribution in [0, 0.1) is 6.92 Å². The molecule has 22 heavy (non-hydrogen) atoms. The third-order valence-corrected chi connectivity index (χ3v) is 3.38. The van der Waals surface area contributed by atoms with Crippen LogP contribution in [0.1, 0.15) is 5.56 Å². The SMILES string of the molecule is Cc1cc(Cl)ccc1O.Oc1ccccc1-c1ccccc1. The molecule has 0 fully saturated rings. The molecule has 3 rings (SSSR count). The van der Waals surface area contributed by atoms with E-state index in [0.717, 1.165) is 16.7 Å². The van der Waals surface area contributed by atoms with Crippen molar-refractivity contribution < 1.29 is 10.2 Å². The van der Waals surface area contributed by atoms with Crippen LogP contribution >= 0.6 is 11.6 Å². The van der Waals surface area contributed by atoms with E-state index in [-0.39, 0.29) is 0 Å². The van der Waals surface area contributed by atoms with E-state index in [2.05, 4.69) is 0 Å². The van der Waals surface area contributed by atoms with E-state index in [0.29, 0.717) is 16.5 Å². The summed E-state index contributed by atoms with van der Waals surface area (Å²) in [5.41, 5.74) is 2.73. The zero-order chi connectivity index (χ0) is 15.9. The Hall–Kier alpha value is -2.45. The molecule has 0 aliphatic heterocycles. The molecule has 0 bridgehead atoms. The number of benzene rings is 3. The summed E-state index contributed by atoms with van der Waals surface area (Å²) < 4.78 is 0. The topological polar surface area (TPSA) is 40.5 Å². The van der Waals surface area contributed by atoms with E-state index in [1.54, 1.807) is 31.2 Å². The summed E-state index contributed by atoms with van der Waals surface area (Å²) in [6, 6.07) is 22.1. The molecule has 0 aliphatic rings. The van der Waals surface area contributed by atoms with Crippen LogP contribution in [0.15, 0.2) is 72.8 Å². The van der Waals surface area contributed by atoms with Crippen molar-refractivity contribution in [3.05, 3.63) is 83.4 Å². The molecule has 2 N–H and O–H groups in total. The first-order valence-electron chi connectivity index (χ1n) is 6.86. The smallest absolute Gasteiger partial charge is 0.123 e. The second kappa shape index (κ2) is 7.53. The molecule has 0 unspecified atom stereocenters. The van der Waals surface area contributed by atoms with Crippen molar-refractivity contribution in [1.82, 2.24) is 0 Å². The number of aromatic hydroxyl groups is 2. The van der Waals surface area contributed by atoms with Crippen molar-refractivity contribution in [1.29, 1.82) is 0 Å². The summed E-state index contributed by atoms with van der Waals surface area (Å²) in [4.78, 5) is 0. The second-order valence-electron chi connectivity index (χ2n) is 4.81. The number of aryl methyl sites for hydroxylation is 1. The quantitative estimate of drug-likeness (QED) is 0.630. The van der Waals surface area contributed by atoms with Crippen LogP contribution in [0.25, 0.3) is 11.1 Å². The summed E-state index contributed by atoms with van der Waals surface area (Å²) in [6.07, 6.45) is 0. The molecule has 0 radical (unpaired) electrons. The Balaban J connectivity index is 0.000000172. The van der Waals surface area contributed by atoms with Crippen LogP contribution in [-0.2, 0) is 0 Å². The molecule has 0 atom stereocenters. The first-order valence-corrected chi connectivity index (χ1v) is 7.24. The minimum absolute atomic E-state index is 0.291. The lowest BCUT2D eigenvalue weighted by molar-refractivity contribution is 0.471. The molecule has 3 aromatic carbocycles. The van der Waals surface area contributed by atoms with Gasteiger partial charge in [-0.1, -0.05) is 60.1 Å². The predicted molar refractivity (Wildman–Crippen MR) is 91.4 cm³/mol. The number of para-hydroxylation sites is 1. The lowest BCUT2D eigenvalue weighted by Crippen LogP contribution is -1.76. The predicted octanol–water partition coefficient (Wildman–Crippen LogP) is 5.41. The normalized spacial score (nSPS) is 9.73. The largest absolute Gasteiger partial charge is 0.508 e. The molecule has 0 spiro atoms. The maximum atomic E-state index is 9.56. The van der Waals surface area contributed by atoms with Gasteiger partial charge >= 0.3 is 0 Å². The summed E-state index contributed by atoms with van der Waals surface area (Å²) in [5.74, 6) is 0.619. The lowest BCUT2D eigenvalue weighted by Gasteiger charge is -2.02. The summed E-state index contributed by atoms with van der Waals surface area (Å²) in [7, 11) is 0. The van der Waals surface area contributed by atoms with Crippen molar-refractivity contribution in [3.63, 3.8) is 0 Å². The minimum atomic E-state index is 0.291. The van der Waals surface area contributed by atoms with Gasteiger partial charge in [-0.15, -0.1) is 0 Å². The van der Waals surface area contributed by atoms with Crippen molar-refractivity contribution in [2.24, 2.45) is 0 Å². The van der Waals surface area contributed by atoms with E-state index in [1.807, 2.05) is 48.5 Å². The Bertz CT molecular complexity index is 739. The Morgan fingerprint density at radius 1 is 0.727 bits per heavy atom. The van der Waals surface area contributed by atoms with Gasteiger partial charge in [0.1, 0.15) is 11.5 Å². The number of hydrogen-bond acceptors (Lipinski definition) is 2. The van der Waals surface area contributed by atoms with Crippen LogP contribution in [0.3, 0.4) is 0 Å². The van der Waals surface area contributed by atoms with Crippen LogP contribution in [0.4, 0.5) is 0 Å². The average molecular weight is 313 g/mol. The Morgan fingerprint density at radius 2 is 1.36 bits per heavy atom. The highest BCUT2D eigenvalue weighted by Gasteiger charge is 2.00. The molecule has 3 aromatic rings. The Labute approximate surface area is 135 Å². The Morgan fingerprint density at radius 3 is 1.95 bits per heavy atom. The molecule has 2 nitrogen and oxygen atoms in total. The number of rotatable bonds is 1. The van der Waals surface area contributed by atoms with Gasteiger partial charge in [-0.05, 0) is 42.3 Å². The van der Waals surface area contributed by atoms with Gasteiger partial charge in [0.25, 0.3) is 0 Å². The summed E-state index contributed by atoms with van der Waals surface area (Å²) >= 11 is 5.61. The molecule has 0 amide bonds. The van der Waals surface area contributed by atoms with Crippen LogP contribution in [0.2, 0.25) is 5.02 Å². The van der Waals surface area contributed by atoms with Gasteiger partial charge in [-0.2, -0.15) is 0 Å². The maximum absolute atomic E-state index is 9.56. The first kappa shape index (κ1) is 15.9. The number of hydrogen-bond donors (Lipinski definition) is 2. The van der Waals surface area contributed by atoms with Gasteiger partial charge in [0.05, 0.1) is 0 Å². The Kier molecular flexibility index (Phi) is 5.45. The van der Waals surface area contributed by atoms with E-state index in [1.165, 1.54) is 0 Å². The highest BCUT2D eigenvalue weighted by Crippen LogP contribution is 2.27.